The maximum Gasteiger partial charge on any atom is 0.407 e. The highest BCUT2D eigenvalue weighted by Gasteiger charge is 2.23. The van der Waals surface area contributed by atoms with E-state index in [0.717, 1.165) is 35.0 Å². The summed E-state index contributed by atoms with van der Waals surface area (Å²) in [6.07, 6.45) is 5.79. The Morgan fingerprint density at radius 3 is 2.60 bits per heavy atom. The normalized spacial score (nSPS) is 20.8. The van der Waals surface area contributed by atoms with Gasteiger partial charge in [-0.3, -0.25) is 0 Å². The van der Waals surface area contributed by atoms with Crippen LogP contribution in [0.1, 0.15) is 46.5 Å². The number of ether oxygens (including phenoxy) is 2. The molecule has 0 unspecified atom stereocenters. The summed E-state index contributed by atoms with van der Waals surface area (Å²) in [5.74, 6) is 1.86. The molecule has 1 aromatic rings. The number of hydrogen-bond acceptors (Lipinski definition) is 4. The second-order valence-corrected chi connectivity index (χ2v) is 9.07. The Labute approximate surface area is 168 Å². The molecule has 1 saturated carbocycles. The number of hydrogen-bond donors (Lipinski definition) is 1. The monoisotopic (exact) mass is 480 g/mol. The zero-order valence-electron chi connectivity index (χ0n) is 15.0. The fraction of sp³-hybridized carbons (Fsp3) is 0.667. The first-order valence-electron chi connectivity index (χ1n) is 8.63. The van der Waals surface area contributed by atoms with Gasteiger partial charge >= 0.3 is 6.09 Å². The van der Waals surface area contributed by atoms with Gasteiger partial charge in [0, 0.05) is 18.8 Å². The minimum atomic E-state index is -0.452. The van der Waals surface area contributed by atoms with Gasteiger partial charge in [-0.25, -0.2) is 9.78 Å². The van der Waals surface area contributed by atoms with Gasteiger partial charge in [0.05, 0.1) is 10.2 Å². The van der Waals surface area contributed by atoms with Crippen LogP contribution in [0.25, 0.3) is 0 Å². The van der Waals surface area contributed by atoms with Crippen LogP contribution < -0.4 is 10.1 Å². The van der Waals surface area contributed by atoms with Gasteiger partial charge in [0.2, 0.25) is 0 Å². The predicted molar refractivity (Wildman–Crippen MR) is 107 cm³/mol. The van der Waals surface area contributed by atoms with Crippen molar-refractivity contribution in [2.45, 2.75) is 52.1 Å². The molecule has 0 radical (unpaired) electrons. The maximum atomic E-state index is 11.7. The number of alkyl carbamates (subject to hydrolysis) is 1. The minimum absolute atomic E-state index is 0.331. The molecule has 1 heterocycles. The van der Waals surface area contributed by atoms with Crippen molar-refractivity contribution in [2.24, 2.45) is 11.8 Å². The van der Waals surface area contributed by atoms with Gasteiger partial charge in [-0.15, -0.1) is 0 Å². The summed E-state index contributed by atoms with van der Waals surface area (Å²) in [7, 11) is 0. The van der Waals surface area contributed by atoms with Gasteiger partial charge in [0.15, 0.2) is 0 Å². The zero-order chi connectivity index (χ0) is 18.4. The van der Waals surface area contributed by atoms with Crippen LogP contribution in [0.4, 0.5) is 4.79 Å². The van der Waals surface area contributed by atoms with E-state index in [1.54, 1.807) is 12.3 Å². The number of carbonyl (C=O) groups excluding carboxylic acids is 1. The second kappa shape index (κ2) is 9.26. The number of rotatable bonds is 5. The SMILES string of the molecule is CC(C)(C)OC(=O)NCC1CCC(COc2cc(Cl)ncc2I)CC1. The topological polar surface area (TPSA) is 60.5 Å². The maximum absolute atomic E-state index is 11.7. The van der Waals surface area contributed by atoms with Crippen molar-refractivity contribution in [3.05, 3.63) is 21.0 Å². The van der Waals surface area contributed by atoms with Gasteiger partial charge in [-0.1, -0.05) is 11.6 Å². The molecule has 1 aromatic heterocycles. The Morgan fingerprint density at radius 1 is 1.32 bits per heavy atom. The average molecular weight is 481 g/mol. The van der Waals surface area contributed by atoms with Crippen LogP contribution in [0.3, 0.4) is 0 Å². The fourth-order valence-electron chi connectivity index (χ4n) is 2.86. The highest BCUT2D eigenvalue weighted by atomic mass is 127. The Balaban J connectivity index is 1.68. The summed E-state index contributed by atoms with van der Waals surface area (Å²) in [6, 6.07) is 1.76. The third-order valence-electron chi connectivity index (χ3n) is 4.16. The first-order valence-corrected chi connectivity index (χ1v) is 10.1. The smallest absolute Gasteiger partial charge is 0.407 e. The van der Waals surface area contributed by atoms with E-state index in [0.29, 0.717) is 30.1 Å². The number of carbonyl (C=O) groups is 1. The van der Waals surface area contributed by atoms with E-state index < -0.39 is 5.60 Å². The molecule has 140 valence electrons. The summed E-state index contributed by atoms with van der Waals surface area (Å²) in [5.41, 5.74) is -0.452. The molecule has 0 saturated heterocycles. The van der Waals surface area contributed by atoms with Gasteiger partial charge in [-0.2, -0.15) is 0 Å². The first kappa shape index (κ1) is 20.6. The molecule has 0 atom stereocenters. The van der Waals surface area contributed by atoms with Gasteiger partial charge in [0.1, 0.15) is 16.5 Å². The van der Waals surface area contributed by atoms with Gasteiger partial charge < -0.3 is 14.8 Å². The molecule has 0 spiro atoms. The number of nitrogens with zero attached hydrogens (tertiary/aromatic N) is 1. The lowest BCUT2D eigenvalue weighted by molar-refractivity contribution is 0.0511. The molecule has 7 heteroatoms. The molecule has 1 aliphatic carbocycles. The lowest BCUT2D eigenvalue weighted by Crippen LogP contribution is -2.36. The van der Waals surface area contributed by atoms with Crippen molar-refractivity contribution >= 4 is 40.3 Å². The molecule has 1 N–H and O–H groups in total. The van der Waals surface area contributed by atoms with Crippen LogP contribution in [0.15, 0.2) is 12.3 Å². The summed E-state index contributed by atoms with van der Waals surface area (Å²) in [6.45, 7) is 6.99. The molecule has 0 aromatic carbocycles. The van der Waals surface area contributed by atoms with Crippen LogP contribution in [-0.2, 0) is 4.74 Å². The van der Waals surface area contributed by atoms with E-state index >= 15 is 0 Å². The number of halogens is 2. The summed E-state index contributed by atoms with van der Waals surface area (Å²) in [4.78, 5) is 15.7. The quantitative estimate of drug-likeness (QED) is 0.473. The molecule has 1 amide bonds. The molecular formula is C18H26ClIN2O3. The highest BCUT2D eigenvalue weighted by Crippen LogP contribution is 2.30. The number of pyridine rings is 1. The van der Waals surface area contributed by atoms with Crippen LogP contribution in [0, 0.1) is 15.4 Å². The molecule has 0 aliphatic heterocycles. The van der Waals surface area contributed by atoms with E-state index in [1.807, 2.05) is 20.8 Å². The van der Waals surface area contributed by atoms with Gasteiger partial charge in [0.25, 0.3) is 0 Å². The van der Waals surface area contributed by atoms with Crippen LogP contribution >= 0.6 is 34.2 Å². The Kier molecular flexibility index (Phi) is 7.61. The molecule has 25 heavy (non-hydrogen) atoms. The van der Waals surface area contributed by atoms with Crippen molar-refractivity contribution in [1.82, 2.24) is 10.3 Å². The van der Waals surface area contributed by atoms with Crippen molar-refractivity contribution in [1.29, 1.82) is 0 Å². The summed E-state index contributed by atoms with van der Waals surface area (Å²) in [5, 5.41) is 3.33. The predicted octanol–water partition coefficient (Wildman–Crippen LogP) is 5.05. The van der Waals surface area contributed by atoms with Crippen LogP contribution in [0.2, 0.25) is 5.15 Å². The largest absolute Gasteiger partial charge is 0.492 e. The minimum Gasteiger partial charge on any atom is -0.492 e. The molecule has 2 rings (SSSR count). The lowest BCUT2D eigenvalue weighted by atomic mass is 9.82. The van der Waals surface area contributed by atoms with Crippen molar-refractivity contribution in [3.63, 3.8) is 0 Å². The second-order valence-electron chi connectivity index (χ2n) is 7.52. The van der Waals surface area contributed by atoms with Gasteiger partial charge in [-0.05, 0) is 80.9 Å². The Hall–Kier alpha value is -0.760. The molecule has 1 aliphatic rings. The fourth-order valence-corrected chi connectivity index (χ4v) is 3.46. The van der Waals surface area contributed by atoms with Crippen molar-refractivity contribution < 1.29 is 14.3 Å². The molecule has 5 nitrogen and oxygen atoms in total. The van der Waals surface area contributed by atoms with E-state index in [4.69, 9.17) is 21.1 Å². The zero-order valence-corrected chi connectivity index (χ0v) is 17.9. The summed E-state index contributed by atoms with van der Waals surface area (Å²) >= 11 is 8.12. The first-order chi connectivity index (χ1) is 11.7. The molecule has 1 fully saturated rings. The van der Waals surface area contributed by atoms with Crippen LogP contribution in [0.5, 0.6) is 5.75 Å². The average Bonchev–Trinajstić information content (AvgIpc) is 2.53. The third-order valence-corrected chi connectivity index (χ3v) is 5.18. The molecular weight excluding hydrogens is 455 g/mol. The Bertz CT molecular complexity index is 584. The van der Waals surface area contributed by atoms with Crippen molar-refractivity contribution in [3.8, 4) is 5.75 Å². The number of aromatic nitrogens is 1. The van der Waals surface area contributed by atoms with Crippen LogP contribution in [-0.4, -0.2) is 29.8 Å². The van der Waals surface area contributed by atoms with E-state index in [2.05, 4.69) is 32.9 Å². The number of nitrogens with one attached hydrogen (secondary N) is 1. The van der Waals surface area contributed by atoms with E-state index in [-0.39, 0.29) is 6.09 Å². The lowest BCUT2D eigenvalue weighted by Gasteiger charge is -2.29. The van der Waals surface area contributed by atoms with E-state index in [1.165, 1.54) is 0 Å². The Morgan fingerprint density at radius 2 is 1.96 bits per heavy atom. The highest BCUT2D eigenvalue weighted by molar-refractivity contribution is 14.1. The third kappa shape index (κ3) is 7.56. The number of amides is 1. The standard InChI is InChI=1S/C18H26ClIN2O3/c1-18(2,3)25-17(23)22-9-12-4-6-13(7-5-12)11-24-15-8-16(19)21-10-14(15)20/h8,10,12-13H,4-7,9,11H2,1-3H3,(H,22,23). The molecule has 0 bridgehead atoms. The summed E-state index contributed by atoms with van der Waals surface area (Å²) < 4.78 is 12.2. The van der Waals surface area contributed by atoms with E-state index in [9.17, 15) is 4.79 Å². The van der Waals surface area contributed by atoms with Crippen molar-refractivity contribution in [2.75, 3.05) is 13.2 Å².